The number of fused-ring (bicyclic) bond motifs is 1. The second-order valence-corrected chi connectivity index (χ2v) is 6.65. The van der Waals surface area contributed by atoms with Gasteiger partial charge in [-0.3, -0.25) is 14.5 Å². The summed E-state index contributed by atoms with van der Waals surface area (Å²) in [7, 11) is 1.66. The van der Waals surface area contributed by atoms with E-state index in [0.29, 0.717) is 19.6 Å². The van der Waals surface area contributed by atoms with Crippen molar-refractivity contribution in [1.29, 1.82) is 0 Å². The Morgan fingerprint density at radius 2 is 2.12 bits per heavy atom. The molecule has 1 fully saturated rings. The quantitative estimate of drug-likeness (QED) is 0.688. The van der Waals surface area contributed by atoms with Gasteiger partial charge in [-0.15, -0.1) is 0 Å². The molecule has 1 aliphatic heterocycles. The average Bonchev–Trinajstić information content (AvgIpc) is 2.60. The molecular formula is C20H25NO5. The van der Waals surface area contributed by atoms with Crippen LogP contribution in [-0.4, -0.2) is 56.3 Å². The highest BCUT2D eigenvalue weighted by atomic mass is 16.6. The molecule has 26 heavy (non-hydrogen) atoms. The Hall–Kier alpha value is -2.34. The summed E-state index contributed by atoms with van der Waals surface area (Å²) in [4.78, 5) is 25.9. The zero-order valence-electron chi connectivity index (χ0n) is 15.5. The molecule has 2 aliphatic rings. The molecule has 6 nitrogen and oxygen atoms in total. The van der Waals surface area contributed by atoms with Crippen molar-refractivity contribution in [2.75, 3.05) is 33.4 Å². The molecule has 1 aromatic carbocycles. The number of benzene rings is 1. The minimum atomic E-state index is -0.446. The Balaban J connectivity index is 1.72. The SMILES string of the molecule is CCOC(=O)[C@@H]1CN(CC2=c3cc(OC)ccc3=C2)CC[C@@H]1OC(C)=O. The molecule has 140 valence electrons. The van der Waals surface area contributed by atoms with E-state index in [9.17, 15) is 9.59 Å². The van der Waals surface area contributed by atoms with Crippen LogP contribution < -0.4 is 15.2 Å². The minimum Gasteiger partial charge on any atom is -0.497 e. The van der Waals surface area contributed by atoms with Crippen LogP contribution in [-0.2, 0) is 19.1 Å². The van der Waals surface area contributed by atoms with E-state index < -0.39 is 12.0 Å². The lowest BCUT2D eigenvalue weighted by atomic mass is 9.92. The van der Waals surface area contributed by atoms with Gasteiger partial charge in [0.15, 0.2) is 0 Å². The highest BCUT2D eigenvalue weighted by Crippen LogP contribution is 2.23. The van der Waals surface area contributed by atoms with E-state index >= 15 is 0 Å². The van der Waals surface area contributed by atoms with Gasteiger partial charge in [0, 0.05) is 26.6 Å². The van der Waals surface area contributed by atoms with Crippen LogP contribution >= 0.6 is 0 Å². The van der Waals surface area contributed by atoms with Gasteiger partial charge in [-0.2, -0.15) is 0 Å². The number of rotatable bonds is 6. The van der Waals surface area contributed by atoms with E-state index in [1.54, 1.807) is 14.0 Å². The van der Waals surface area contributed by atoms with Crippen molar-refractivity contribution in [3.63, 3.8) is 0 Å². The summed E-state index contributed by atoms with van der Waals surface area (Å²) in [6, 6.07) is 6.04. The summed E-state index contributed by atoms with van der Waals surface area (Å²) in [5.74, 6) is -0.265. The number of carbonyl (C=O) groups excluding carboxylic acids is 2. The van der Waals surface area contributed by atoms with Crippen LogP contribution in [0.5, 0.6) is 5.75 Å². The second kappa shape index (κ2) is 7.91. The summed E-state index contributed by atoms with van der Waals surface area (Å²) in [6.45, 7) is 5.52. The van der Waals surface area contributed by atoms with Gasteiger partial charge in [-0.1, -0.05) is 6.07 Å². The fourth-order valence-corrected chi connectivity index (χ4v) is 3.60. The molecule has 0 bridgehead atoms. The van der Waals surface area contributed by atoms with Crippen LogP contribution in [0.3, 0.4) is 0 Å². The highest BCUT2D eigenvalue weighted by Gasteiger charge is 2.37. The van der Waals surface area contributed by atoms with Crippen molar-refractivity contribution in [3.8, 4) is 5.75 Å². The Morgan fingerprint density at radius 3 is 2.81 bits per heavy atom. The van der Waals surface area contributed by atoms with Crippen molar-refractivity contribution in [1.82, 2.24) is 4.90 Å². The number of ether oxygens (including phenoxy) is 3. The number of hydrogen-bond acceptors (Lipinski definition) is 6. The lowest BCUT2D eigenvalue weighted by Crippen LogP contribution is -2.50. The topological polar surface area (TPSA) is 65.1 Å². The first-order chi connectivity index (χ1) is 12.5. The first kappa shape index (κ1) is 18.5. The molecule has 1 aliphatic carbocycles. The molecule has 1 heterocycles. The number of piperidine rings is 1. The normalized spacial score (nSPS) is 21.9. The second-order valence-electron chi connectivity index (χ2n) is 6.65. The van der Waals surface area contributed by atoms with Gasteiger partial charge < -0.3 is 14.2 Å². The van der Waals surface area contributed by atoms with Gasteiger partial charge in [0.1, 0.15) is 17.8 Å². The molecule has 0 N–H and O–H groups in total. The Morgan fingerprint density at radius 1 is 1.31 bits per heavy atom. The molecule has 0 saturated carbocycles. The molecular weight excluding hydrogens is 334 g/mol. The summed E-state index contributed by atoms with van der Waals surface area (Å²) in [6.07, 6.45) is 2.37. The Labute approximate surface area is 153 Å². The first-order valence-corrected chi connectivity index (χ1v) is 8.97. The minimum absolute atomic E-state index is 0.298. The molecule has 1 saturated heterocycles. The maximum Gasteiger partial charge on any atom is 0.314 e. The third kappa shape index (κ3) is 3.90. The fourth-order valence-electron chi connectivity index (χ4n) is 3.60. The summed E-state index contributed by atoms with van der Waals surface area (Å²) >= 11 is 0. The van der Waals surface area contributed by atoms with Gasteiger partial charge in [0.2, 0.25) is 0 Å². The molecule has 1 aromatic rings. The van der Waals surface area contributed by atoms with E-state index in [1.165, 1.54) is 22.9 Å². The Bertz CT molecular complexity index is 816. The molecule has 2 atom stereocenters. The highest BCUT2D eigenvalue weighted by molar-refractivity contribution is 5.83. The van der Waals surface area contributed by atoms with Gasteiger partial charge in [0.25, 0.3) is 0 Å². The molecule has 0 aromatic heterocycles. The smallest absolute Gasteiger partial charge is 0.314 e. The monoisotopic (exact) mass is 359 g/mol. The molecule has 0 amide bonds. The van der Waals surface area contributed by atoms with Crippen LogP contribution in [0.2, 0.25) is 0 Å². The summed E-state index contributed by atoms with van der Waals surface area (Å²) in [5, 5.41) is 2.40. The lowest BCUT2D eigenvalue weighted by Gasteiger charge is -2.37. The first-order valence-electron chi connectivity index (χ1n) is 8.97. The van der Waals surface area contributed by atoms with Crippen LogP contribution in [0.15, 0.2) is 18.2 Å². The van der Waals surface area contributed by atoms with Crippen molar-refractivity contribution >= 4 is 23.6 Å². The molecule has 0 unspecified atom stereocenters. The molecule has 6 heteroatoms. The van der Waals surface area contributed by atoms with Gasteiger partial charge in [-0.05, 0) is 47.6 Å². The predicted molar refractivity (Wildman–Crippen MR) is 96.9 cm³/mol. The van der Waals surface area contributed by atoms with Crippen LogP contribution in [0.25, 0.3) is 11.6 Å². The average molecular weight is 359 g/mol. The van der Waals surface area contributed by atoms with Crippen molar-refractivity contribution in [3.05, 3.63) is 28.6 Å². The summed E-state index contributed by atoms with van der Waals surface area (Å²) in [5.41, 5.74) is 1.23. The standard InChI is InChI=1S/C20H25NO5/c1-4-25-20(23)18-12-21(8-7-19(18)26-13(2)22)11-15-9-14-5-6-16(24-3)10-17(14)15/h5-6,9-10,18-19H,4,7-8,11-12H2,1-3H3/t18-,19+/m1/s1. The predicted octanol–water partition coefficient (Wildman–Crippen LogP) is 0.457. The number of carbonyl (C=O) groups is 2. The maximum atomic E-state index is 12.3. The van der Waals surface area contributed by atoms with Crippen LogP contribution in [0.1, 0.15) is 20.3 Å². The summed E-state index contributed by atoms with van der Waals surface area (Å²) < 4.78 is 15.8. The number of hydrogen-bond donors (Lipinski definition) is 0. The number of methoxy groups -OCH3 is 1. The van der Waals surface area contributed by atoms with Gasteiger partial charge in [-0.25, -0.2) is 0 Å². The molecule has 0 spiro atoms. The third-order valence-corrected chi connectivity index (χ3v) is 4.87. The van der Waals surface area contributed by atoms with Crippen LogP contribution in [0.4, 0.5) is 0 Å². The number of likely N-dealkylation sites (tertiary alicyclic amines) is 1. The maximum absolute atomic E-state index is 12.3. The fraction of sp³-hybridized carbons (Fsp3) is 0.500. The Kier molecular flexibility index (Phi) is 5.61. The molecule has 0 radical (unpaired) electrons. The van der Waals surface area contributed by atoms with Gasteiger partial charge in [0.05, 0.1) is 13.7 Å². The van der Waals surface area contributed by atoms with Crippen LogP contribution in [0, 0.1) is 5.92 Å². The largest absolute Gasteiger partial charge is 0.497 e. The van der Waals surface area contributed by atoms with E-state index in [0.717, 1.165) is 18.8 Å². The van der Waals surface area contributed by atoms with E-state index in [1.807, 2.05) is 18.2 Å². The zero-order valence-corrected chi connectivity index (χ0v) is 15.5. The van der Waals surface area contributed by atoms with Crippen molar-refractivity contribution in [2.45, 2.75) is 26.4 Å². The van der Waals surface area contributed by atoms with Crippen molar-refractivity contribution < 1.29 is 23.8 Å². The van der Waals surface area contributed by atoms with E-state index in [-0.39, 0.29) is 11.9 Å². The van der Waals surface area contributed by atoms with E-state index in [2.05, 4.69) is 11.0 Å². The lowest BCUT2D eigenvalue weighted by molar-refractivity contribution is -0.164. The van der Waals surface area contributed by atoms with Crippen molar-refractivity contribution in [2.24, 2.45) is 5.92 Å². The molecule has 3 rings (SSSR count). The zero-order chi connectivity index (χ0) is 18.7. The van der Waals surface area contributed by atoms with Gasteiger partial charge >= 0.3 is 11.9 Å². The number of esters is 2. The number of nitrogens with zero attached hydrogens (tertiary/aromatic N) is 1. The third-order valence-electron chi connectivity index (χ3n) is 4.87. The van der Waals surface area contributed by atoms with E-state index in [4.69, 9.17) is 14.2 Å².